The quantitative estimate of drug-likeness (QED) is 0.699. The van der Waals surface area contributed by atoms with Crippen LogP contribution in [0.2, 0.25) is 0 Å². The standard InChI is InChI=1S/C20H20FN3O3/c21-15-2-1-3-17-18(15)24(20(27)23(17)13-9-10-13)14-7-4-12(5-8-14)6-11-16(22)19(25)26/h1-5,7-8,13,16H,6,9-11,22H2,(H,25,26)/t16-/m0/s1. The van der Waals surface area contributed by atoms with Crippen molar-refractivity contribution in [1.82, 2.24) is 9.13 Å². The molecule has 0 aliphatic heterocycles. The second kappa shape index (κ2) is 6.66. The van der Waals surface area contributed by atoms with Crippen LogP contribution in [0.4, 0.5) is 4.39 Å². The SMILES string of the molecule is N[C@@H](CCc1ccc(-n2c(=O)n(C3CC3)c3cccc(F)c32)cc1)C(=O)O. The molecule has 2 aromatic carbocycles. The van der Waals surface area contributed by atoms with Crippen LogP contribution in [-0.2, 0) is 11.2 Å². The number of aliphatic carboxylic acids is 1. The van der Waals surface area contributed by atoms with Crippen LogP contribution in [0.5, 0.6) is 0 Å². The van der Waals surface area contributed by atoms with Gasteiger partial charge >= 0.3 is 11.7 Å². The van der Waals surface area contributed by atoms with Gasteiger partial charge in [0, 0.05) is 6.04 Å². The van der Waals surface area contributed by atoms with Crippen molar-refractivity contribution in [2.75, 3.05) is 0 Å². The molecule has 3 N–H and O–H groups in total. The maximum atomic E-state index is 14.5. The summed E-state index contributed by atoms with van der Waals surface area (Å²) in [5, 5.41) is 8.86. The average molecular weight is 369 g/mol. The number of nitrogens with zero attached hydrogens (tertiary/aromatic N) is 2. The minimum atomic E-state index is -1.03. The number of benzene rings is 2. The molecule has 4 rings (SSSR count). The van der Waals surface area contributed by atoms with Crippen molar-refractivity contribution in [3.05, 3.63) is 64.3 Å². The lowest BCUT2D eigenvalue weighted by atomic mass is 10.1. The molecule has 1 atom stereocenters. The number of hydrogen-bond donors (Lipinski definition) is 2. The van der Waals surface area contributed by atoms with Crippen LogP contribution in [0.25, 0.3) is 16.7 Å². The molecule has 140 valence electrons. The van der Waals surface area contributed by atoms with E-state index in [0.29, 0.717) is 24.0 Å². The molecule has 1 fully saturated rings. The zero-order valence-electron chi connectivity index (χ0n) is 14.6. The Labute approximate surface area is 154 Å². The van der Waals surface area contributed by atoms with Gasteiger partial charge in [0.05, 0.1) is 11.2 Å². The number of aromatic nitrogens is 2. The van der Waals surface area contributed by atoms with Crippen LogP contribution in [0.1, 0.15) is 30.9 Å². The van der Waals surface area contributed by atoms with Crippen LogP contribution in [-0.4, -0.2) is 26.3 Å². The van der Waals surface area contributed by atoms with E-state index < -0.39 is 17.8 Å². The van der Waals surface area contributed by atoms with Gasteiger partial charge in [-0.25, -0.2) is 9.18 Å². The molecule has 3 aromatic rings. The van der Waals surface area contributed by atoms with Crippen LogP contribution in [0.3, 0.4) is 0 Å². The summed E-state index contributed by atoms with van der Waals surface area (Å²) in [6.45, 7) is 0. The van der Waals surface area contributed by atoms with Gasteiger partial charge in [-0.3, -0.25) is 13.9 Å². The number of carboxylic acids is 1. The Morgan fingerprint density at radius 3 is 2.56 bits per heavy atom. The van der Waals surface area contributed by atoms with Gasteiger partial charge in [-0.2, -0.15) is 0 Å². The lowest BCUT2D eigenvalue weighted by Crippen LogP contribution is -2.30. The molecule has 1 aliphatic rings. The first-order valence-corrected chi connectivity index (χ1v) is 8.96. The van der Waals surface area contributed by atoms with Gasteiger partial charge in [0.15, 0.2) is 0 Å². The van der Waals surface area contributed by atoms with Crippen LogP contribution >= 0.6 is 0 Å². The first-order chi connectivity index (χ1) is 13.0. The van der Waals surface area contributed by atoms with E-state index >= 15 is 0 Å². The second-order valence-corrected chi connectivity index (χ2v) is 6.98. The Bertz CT molecular complexity index is 1060. The molecule has 1 aromatic heterocycles. The summed E-state index contributed by atoms with van der Waals surface area (Å²) in [5.41, 5.74) is 7.69. The van der Waals surface area contributed by atoms with Gasteiger partial charge in [0.25, 0.3) is 0 Å². The third kappa shape index (κ3) is 3.14. The number of carboxylic acid groups (broad SMARTS) is 1. The van der Waals surface area contributed by atoms with Crippen LogP contribution in [0, 0.1) is 5.82 Å². The van der Waals surface area contributed by atoms with E-state index in [0.717, 1.165) is 18.4 Å². The molecule has 0 saturated heterocycles. The van der Waals surface area contributed by atoms with E-state index in [-0.39, 0.29) is 17.2 Å². The lowest BCUT2D eigenvalue weighted by Gasteiger charge is -2.08. The first kappa shape index (κ1) is 17.5. The fourth-order valence-corrected chi connectivity index (χ4v) is 3.41. The van der Waals surface area contributed by atoms with Crippen molar-refractivity contribution >= 4 is 17.0 Å². The number of para-hydroxylation sites is 1. The summed E-state index contributed by atoms with van der Waals surface area (Å²) < 4.78 is 17.6. The van der Waals surface area contributed by atoms with E-state index in [1.165, 1.54) is 10.6 Å². The molecule has 27 heavy (non-hydrogen) atoms. The predicted molar refractivity (Wildman–Crippen MR) is 99.7 cm³/mol. The summed E-state index contributed by atoms with van der Waals surface area (Å²) in [6, 6.07) is 11.1. The predicted octanol–water partition coefficient (Wildman–Crippen LogP) is 2.61. The molecule has 7 heteroatoms. The number of hydrogen-bond acceptors (Lipinski definition) is 3. The number of imidazole rings is 1. The molecule has 0 bridgehead atoms. The molecular formula is C20H20FN3O3. The third-order valence-electron chi connectivity index (χ3n) is 5.01. The van der Waals surface area contributed by atoms with Crippen molar-refractivity contribution < 1.29 is 14.3 Å². The molecule has 0 radical (unpaired) electrons. The smallest absolute Gasteiger partial charge is 0.334 e. The average Bonchev–Trinajstić information content (AvgIpc) is 3.43. The van der Waals surface area contributed by atoms with E-state index in [1.807, 2.05) is 12.1 Å². The van der Waals surface area contributed by atoms with Gasteiger partial charge in [-0.05, 0) is 55.5 Å². The molecular weight excluding hydrogens is 349 g/mol. The third-order valence-corrected chi connectivity index (χ3v) is 5.01. The van der Waals surface area contributed by atoms with E-state index in [2.05, 4.69) is 0 Å². The summed E-state index contributed by atoms with van der Waals surface area (Å²) in [4.78, 5) is 23.8. The van der Waals surface area contributed by atoms with Crippen molar-refractivity contribution in [1.29, 1.82) is 0 Å². The molecule has 1 saturated carbocycles. The van der Waals surface area contributed by atoms with Crippen molar-refractivity contribution in [2.45, 2.75) is 37.8 Å². The Hall–Kier alpha value is -2.93. The summed E-state index contributed by atoms with van der Waals surface area (Å²) >= 11 is 0. The number of aryl methyl sites for hydroxylation is 1. The number of carbonyl (C=O) groups is 1. The van der Waals surface area contributed by atoms with Crippen molar-refractivity contribution in [2.24, 2.45) is 5.73 Å². The monoisotopic (exact) mass is 369 g/mol. The highest BCUT2D eigenvalue weighted by Gasteiger charge is 2.30. The highest BCUT2D eigenvalue weighted by molar-refractivity contribution is 5.79. The van der Waals surface area contributed by atoms with Crippen LogP contribution in [0.15, 0.2) is 47.3 Å². The maximum absolute atomic E-state index is 14.5. The molecule has 0 spiro atoms. The zero-order valence-corrected chi connectivity index (χ0v) is 14.6. The molecule has 0 unspecified atom stereocenters. The van der Waals surface area contributed by atoms with Crippen LogP contribution < -0.4 is 11.4 Å². The number of halogens is 1. The highest BCUT2D eigenvalue weighted by Crippen LogP contribution is 2.37. The number of nitrogens with two attached hydrogens (primary N) is 1. The van der Waals surface area contributed by atoms with Crippen molar-refractivity contribution in [3.8, 4) is 5.69 Å². The fourth-order valence-electron chi connectivity index (χ4n) is 3.41. The number of rotatable bonds is 6. The van der Waals surface area contributed by atoms with Crippen molar-refractivity contribution in [3.63, 3.8) is 0 Å². The summed E-state index contributed by atoms with van der Waals surface area (Å²) in [7, 11) is 0. The minimum Gasteiger partial charge on any atom is -0.480 e. The molecule has 6 nitrogen and oxygen atoms in total. The summed E-state index contributed by atoms with van der Waals surface area (Å²) in [6.07, 6.45) is 2.70. The van der Waals surface area contributed by atoms with E-state index in [1.54, 1.807) is 28.8 Å². The Kier molecular flexibility index (Phi) is 4.31. The fraction of sp³-hybridized carbons (Fsp3) is 0.300. The highest BCUT2D eigenvalue weighted by atomic mass is 19.1. The van der Waals surface area contributed by atoms with Gasteiger partial charge in [0.2, 0.25) is 0 Å². The Balaban J connectivity index is 1.72. The topological polar surface area (TPSA) is 90.2 Å². The van der Waals surface area contributed by atoms with Gasteiger partial charge < -0.3 is 10.8 Å². The van der Waals surface area contributed by atoms with Gasteiger partial charge in [0.1, 0.15) is 17.4 Å². The lowest BCUT2D eigenvalue weighted by molar-refractivity contribution is -0.138. The van der Waals surface area contributed by atoms with E-state index in [9.17, 15) is 14.0 Å². The maximum Gasteiger partial charge on any atom is 0.334 e. The largest absolute Gasteiger partial charge is 0.480 e. The number of fused-ring (bicyclic) bond motifs is 1. The Morgan fingerprint density at radius 2 is 1.93 bits per heavy atom. The van der Waals surface area contributed by atoms with Gasteiger partial charge in [-0.1, -0.05) is 18.2 Å². The summed E-state index contributed by atoms with van der Waals surface area (Å²) in [5.74, 6) is -1.46. The minimum absolute atomic E-state index is 0.139. The molecule has 0 amide bonds. The van der Waals surface area contributed by atoms with Gasteiger partial charge in [-0.15, -0.1) is 0 Å². The first-order valence-electron chi connectivity index (χ1n) is 8.96. The molecule has 1 heterocycles. The zero-order chi connectivity index (χ0) is 19.1. The van der Waals surface area contributed by atoms with E-state index in [4.69, 9.17) is 10.8 Å². The normalized spacial score (nSPS) is 15.2. The molecule has 1 aliphatic carbocycles. The Morgan fingerprint density at radius 1 is 1.22 bits per heavy atom. The second-order valence-electron chi connectivity index (χ2n) is 6.98.